The van der Waals surface area contributed by atoms with E-state index < -0.39 is 21.8 Å². The lowest BCUT2D eigenvalue weighted by Gasteiger charge is -2.39. The highest BCUT2D eigenvalue weighted by Gasteiger charge is 2.44. The van der Waals surface area contributed by atoms with E-state index in [0.717, 1.165) is 19.2 Å². The lowest BCUT2D eigenvalue weighted by Crippen LogP contribution is -2.47. The predicted molar refractivity (Wildman–Crippen MR) is 108 cm³/mol. The lowest BCUT2D eigenvalue weighted by atomic mass is 10.0. The highest BCUT2D eigenvalue weighted by Crippen LogP contribution is 2.44. The van der Waals surface area contributed by atoms with Crippen LogP contribution in [0.1, 0.15) is 42.6 Å². The maximum atomic E-state index is 14.4. The van der Waals surface area contributed by atoms with Crippen molar-refractivity contribution >= 4 is 15.8 Å². The zero-order valence-corrected chi connectivity index (χ0v) is 17.2. The summed E-state index contributed by atoms with van der Waals surface area (Å²) in [6, 6.07) is 6.58. The number of anilines is 1. The first-order chi connectivity index (χ1) is 13.5. The molecule has 1 aromatic carbocycles. The first kappa shape index (κ1) is 20.2. The molecule has 1 aliphatic heterocycles. The minimum absolute atomic E-state index is 0.154. The molecule has 1 aliphatic carbocycles. The fraction of sp³-hybridized carbons (Fsp3) is 0.500. The van der Waals surface area contributed by atoms with Gasteiger partial charge in [0.1, 0.15) is 15.5 Å². The average Bonchev–Trinajstić information content (AvgIpc) is 2.94. The van der Waals surface area contributed by atoms with E-state index in [1.54, 1.807) is 24.3 Å². The Kier molecular flexibility index (Phi) is 4.85. The van der Waals surface area contributed by atoms with Gasteiger partial charge in [0.2, 0.25) is 5.95 Å². The molecule has 0 unspecified atom stereocenters. The number of alkyl halides is 2. The normalized spacial score (nSPS) is 21.6. The van der Waals surface area contributed by atoms with Gasteiger partial charge < -0.3 is 10.6 Å². The highest BCUT2D eigenvalue weighted by atomic mass is 32.2. The molecule has 2 atom stereocenters. The second kappa shape index (κ2) is 6.98. The number of nitrogens with two attached hydrogens (primary N) is 1. The van der Waals surface area contributed by atoms with Crippen molar-refractivity contribution < 1.29 is 17.2 Å². The molecule has 0 amide bonds. The molecule has 0 saturated carbocycles. The van der Waals surface area contributed by atoms with Crippen LogP contribution in [0, 0.1) is 0 Å². The van der Waals surface area contributed by atoms with Gasteiger partial charge in [0.05, 0.1) is 11.4 Å². The van der Waals surface area contributed by atoms with E-state index in [4.69, 9.17) is 5.73 Å². The number of sulfone groups is 1. The van der Waals surface area contributed by atoms with Crippen molar-refractivity contribution in [3.05, 3.63) is 41.1 Å². The van der Waals surface area contributed by atoms with E-state index in [1.165, 1.54) is 0 Å². The van der Waals surface area contributed by atoms with Crippen LogP contribution in [0.15, 0.2) is 24.3 Å². The average molecular weight is 423 g/mol. The van der Waals surface area contributed by atoms with Crippen molar-refractivity contribution in [2.45, 2.75) is 44.2 Å². The monoisotopic (exact) mass is 422 g/mol. The quantitative estimate of drug-likeness (QED) is 0.797. The molecule has 156 valence electrons. The van der Waals surface area contributed by atoms with Crippen LogP contribution in [-0.4, -0.2) is 43.0 Å². The van der Waals surface area contributed by atoms with Crippen molar-refractivity contribution in [2.24, 2.45) is 5.73 Å². The van der Waals surface area contributed by atoms with Gasteiger partial charge in [-0.15, -0.1) is 0 Å². The Hall–Kier alpha value is -2.13. The van der Waals surface area contributed by atoms with E-state index in [1.807, 2.05) is 11.8 Å². The first-order valence-electron chi connectivity index (χ1n) is 9.65. The topological polar surface area (TPSA) is 89.2 Å². The van der Waals surface area contributed by atoms with Crippen molar-refractivity contribution in [3.63, 3.8) is 0 Å². The highest BCUT2D eigenvalue weighted by molar-refractivity contribution is 7.90. The predicted octanol–water partition coefficient (Wildman–Crippen LogP) is 2.82. The first-order valence-corrected chi connectivity index (χ1v) is 11.7. The van der Waals surface area contributed by atoms with E-state index in [9.17, 15) is 17.2 Å². The van der Waals surface area contributed by atoms with Crippen molar-refractivity contribution in [1.82, 2.24) is 9.97 Å². The molecule has 0 radical (unpaired) electrons. The number of rotatable bonds is 5. The van der Waals surface area contributed by atoms with Crippen LogP contribution in [0.5, 0.6) is 0 Å². The number of aromatic nitrogens is 2. The van der Waals surface area contributed by atoms with Gasteiger partial charge in [-0.1, -0.05) is 24.3 Å². The summed E-state index contributed by atoms with van der Waals surface area (Å²) in [5, 5.41) is 0. The zero-order valence-electron chi connectivity index (χ0n) is 16.4. The summed E-state index contributed by atoms with van der Waals surface area (Å²) in [4.78, 5) is 10.8. The summed E-state index contributed by atoms with van der Waals surface area (Å²) in [7, 11) is -3.21. The van der Waals surface area contributed by atoms with Crippen LogP contribution in [0.4, 0.5) is 14.7 Å². The molecule has 2 heterocycles. The second-order valence-corrected chi connectivity index (χ2v) is 10.2. The van der Waals surface area contributed by atoms with Gasteiger partial charge in [0, 0.05) is 42.4 Å². The van der Waals surface area contributed by atoms with Crippen molar-refractivity contribution in [3.8, 4) is 11.3 Å². The van der Waals surface area contributed by atoms with Crippen LogP contribution < -0.4 is 10.6 Å². The molecule has 0 spiro atoms. The molecule has 1 aromatic heterocycles. The Morgan fingerprint density at radius 2 is 1.97 bits per heavy atom. The largest absolute Gasteiger partial charge is 0.338 e. The third kappa shape index (κ3) is 3.85. The lowest BCUT2D eigenvalue weighted by molar-refractivity contribution is -0.00595. The van der Waals surface area contributed by atoms with Gasteiger partial charge >= 0.3 is 0 Å². The molecular weight excluding hydrogens is 398 g/mol. The Bertz CT molecular complexity index is 1040. The summed E-state index contributed by atoms with van der Waals surface area (Å²) in [5.41, 5.74) is 8.20. The van der Waals surface area contributed by atoms with Crippen LogP contribution in [-0.2, 0) is 22.2 Å². The molecular formula is C20H24F2N4O2S. The Morgan fingerprint density at radius 1 is 1.28 bits per heavy atom. The van der Waals surface area contributed by atoms with Crippen LogP contribution in [0.2, 0.25) is 0 Å². The molecule has 9 heteroatoms. The van der Waals surface area contributed by atoms with Crippen molar-refractivity contribution in [2.75, 3.05) is 23.5 Å². The Labute approximate surface area is 169 Å². The molecule has 29 heavy (non-hydrogen) atoms. The van der Waals surface area contributed by atoms with Gasteiger partial charge in [-0.3, -0.25) is 0 Å². The van der Waals surface area contributed by atoms with E-state index >= 15 is 0 Å². The van der Waals surface area contributed by atoms with Gasteiger partial charge in [0.25, 0.3) is 5.92 Å². The molecule has 6 nitrogen and oxygen atoms in total. The summed E-state index contributed by atoms with van der Waals surface area (Å²) in [5.74, 6) is -2.76. The summed E-state index contributed by atoms with van der Waals surface area (Å²) >= 11 is 0. The summed E-state index contributed by atoms with van der Waals surface area (Å²) < 4.78 is 51.8. The third-order valence-corrected chi connectivity index (χ3v) is 6.67. The minimum atomic E-state index is -3.21. The zero-order chi connectivity index (χ0) is 21.0. The fourth-order valence-electron chi connectivity index (χ4n) is 3.90. The van der Waals surface area contributed by atoms with E-state index in [0.29, 0.717) is 28.3 Å². The number of halogens is 2. The van der Waals surface area contributed by atoms with Crippen LogP contribution >= 0.6 is 0 Å². The van der Waals surface area contributed by atoms with E-state index in [-0.39, 0.29) is 30.3 Å². The minimum Gasteiger partial charge on any atom is -0.338 e. The van der Waals surface area contributed by atoms with Crippen LogP contribution in [0.3, 0.4) is 0 Å². The molecule has 1 fully saturated rings. The number of nitrogens with zero attached hydrogens (tertiary/aromatic N) is 3. The standard InChI is InChI=1S/C20H24F2N4O2S/c1-12-8-10-26(12)19-24-17(15-7-9-20(21,22)18(15)25-19)14-5-3-13(4-6-14)16(23)11-29(2,27)28/h3-6,12,16H,7-11,23H2,1-2H3/t12-,16-/m0/s1. The van der Waals surface area contributed by atoms with Gasteiger partial charge in [-0.05, 0) is 25.3 Å². The molecule has 1 saturated heterocycles. The maximum Gasteiger partial charge on any atom is 0.290 e. The second-order valence-electron chi connectivity index (χ2n) is 8.06. The van der Waals surface area contributed by atoms with Gasteiger partial charge in [-0.2, -0.15) is 8.78 Å². The number of hydrogen-bond donors (Lipinski definition) is 1. The van der Waals surface area contributed by atoms with Gasteiger partial charge in [0.15, 0.2) is 0 Å². The maximum absolute atomic E-state index is 14.4. The smallest absolute Gasteiger partial charge is 0.290 e. The fourth-order valence-corrected chi connectivity index (χ4v) is 4.75. The van der Waals surface area contributed by atoms with E-state index in [2.05, 4.69) is 9.97 Å². The van der Waals surface area contributed by atoms with Crippen molar-refractivity contribution in [1.29, 1.82) is 0 Å². The summed E-state index contributed by atoms with van der Waals surface area (Å²) in [6.45, 7) is 2.78. The third-order valence-electron chi connectivity index (χ3n) is 5.70. The molecule has 0 bridgehead atoms. The summed E-state index contributed by atoms with van der Waals surface area (Å²) in [6.07, 6.45) is 2.09. The number of benzene rings is 1. The molecule has 2 N–H and O–H groups in total. The molecule has 2 aliphatic rings. The number of hydrogen-bond acceptors (Lipinski definition) is 6. The Morgan fingerprint density at radius 3 is 2.52 bits per heavy atom. The molecule has 2 aromatic rings. The Balaban J connectivity index is 1.73. The molecule has 4 rings (SSSR count). The van der Waals surface area contributed by atoms with Gasteiger partial charge in [-0.25, -0.2) is 18.4 Å². The number of fused-ring (bicyclic) bond motifs is 1. The SMILES string of the molecule is C[C@H]1CCN1c1nc(-c2ccc([C@@H](N)CS(C)(=O)=O)cc2)c2c(n1)C(F)(F)CC2. The van der Waals surface area contributed by atoms with Crippen LogP contribution in [0.25, 0.3) is 11.3 Å².